The third kappa shape index (κ3) is 2.50. The molecule has 3 rings (SSSR count). The Morgan fingerprint density at radius 1 is 1.45 bits per heavy atom. The van der Waals surface area contributed by atoms with E-state index in [-0.39, 0.29) is 24.3 Å². The normalized spacial score (nSPS) is 16.7. The van der Waals surface area contributed by atoms with Crippen LogP contribution in [-0.4, -0.2) is 30.5 Å². The van der Waals surface area contributed by atoms with Crippen LogP contribution in [0.2, 0.25) is 0 Å². The number of aromatic nitrogens is 1. The van der Waals surface area contributed by atoms with Crippen LogP contribution in [0.5, 0.6) is 0 Å². The molecule has 1 atom stereocenters. The molecule has 2 heterocycles. The summed E-state index contributed by atoms with van der Waals surface area (Å²) in [5, 5.41) is 3.65. The Balaban J connectivity index is 2.19. The van der Waals surface area contributed by atoms with Gasteiger partial charge in [0.15, 0.2) is 0 Å². The van der Waals surface area contributed by atoms with Crippen molar-refractivity contribution in [3.63, 3.8) is 0 Å². The highest BCUT2D eigenvalue weighted by Crippen LogP contribution is 2.30. The number of nitrogens with one attached hydrogen (secondary N) is 1. The van der Waals surface area contributed by atoms with Gasteiger partial charge in [-0.1, -0.05) is 0 Å². The zero-order valence-electron chi connectivity index (χ0n) is 12.7. The van der Waals surface area contributed by atoms with Crippen LogP contribution < -0.4 is 16.0 Å². The van der Waals surface area contributed by atoms with E-state index in [4.69, 9.17) is 5.73 Å². The first kappa shape index (κ1) is 14.7. The molecule has 0 saturated carbocycles. The van der Waals surface area contributed by atoms with E-state index in [1.165, 1.54) is 6.07 Å². The lowest BCUT2D eigenvalue weighted by Gasteiger charge is -2.30. The van der Waals surface area contributed by atoms with Crippen LogP contribution in [0.25, 0.3) is 10.9 Å². The number of hydrogen-bond donors (Lipinski definition) is 2. The molecule has 22 heavy (non-hydrogen) atoms. The number of pyridine rings is 1. The van der Waals surface area contributed by atoms with Gasteiger partial charge in [0.25, 0.3) is 0 Å². The van der Waals surface area contributed by atoms with Gasteiger partial charge in [-0.3, -0.25) is 4.79 Å². The van der Waals surface area contributed by atoms with Crippen molar-refractivity contribution in [2.75, 3.05) is 24.5 Å². The van der Waals surface area contributed by atoms with E-state index in [1.54, 1.807) is 13.0 Å². The van der Waals surface area contributed by atoms with Crippen LogP contribution in [0.3, 0.4) is 0 Å². The number of nitrogens with zero attached hydrogens (tertiary/aromatic N) is 2. The number of aryl methyl sites for hydroxylation is 1. The summed E-state index contributed by atoms with van der Waals surface area (Å²) >= 11 is 0. The minimum atomic E-state index is -0.282. The van der Waals surface area contributed by atoms with Gasteiger partial charge in [0.05, 0.1) is 12.1 Å². The first-order valence-corrected chi connectivity index (χ1v) is 7.34. The molecule has 1 fully saturated rings. The van der Waals surface area contributed by atoms with Crippen LogP contribution in [0, 0.1) is 12.7 Å². The summed E-state index contributed by atoms with van der Waals surface area (Å²) in [6.07, 6.45) is 0. The third-order valence-electron chi connectivity index (χ3n) is 4.01. The molecule has 0 aliphatic carbocycles. The molecule has 1 aliphatic rings. The zero-order chi connectivity index (χ0) is 15.9. The van der Waals surface area contributed by atoms with Gasteiger partial charge in [-0.25, -0.2) is 9.37 Å². The molecule has 1 unspecified atom stereocenters. The highest BCUT2D eigenvalue weighted by atomic mass is 19.1. The Kier molecular flexibility index (Phi) is 3.70. The number of fused-ring (bicyclic) bond motifs is 1. The average Bonchev–Trinajstić information content (AvgIpc) is 2.50. The van der Waals surface area contributed by atoms with Gasteiger partial charge in [0.1, 0.15) is 11.6 Å². The molecule has 0 spiro atoms. The molecule has 0 radical (unpaired) electrons. The molecule has 116 valence electrons. The van der Waals surface area contributed by atoms with Crippen molar-refractivity contribution < 1.29 is 9.18 Å². The van der Waals surface area contributed by atoms with E-state index in [0.717, 1.165) is 10.9 Å². The number of benzene rings is 1. The maximum absolute atomic E-state index is 13.8. The number of nitrogens with two attached hydrogens (primary N) is 1. The van der Waals surface area contributed by atoms with E-state index < -0.39 is 0 Å². The molecule has 0 bridgehead atoms. The number of carbonyl (C=O) groups is 1. The van der Waals surface area contributed by atoms with Crippen molar-refractivity contribution in [1.82, 2.24) is 10.3 Å². The van der Waals surface area contributed by atoms with Crippen LogP contribution in [0.4, 0.5) is 10.2 Å². The van der Waals surface area contributed by atoms with E-state index >= 15 is 0 Å². The lowest BCUT2D eigenvalue weighted by atomic mass is 10.0. The topological polar surface area (TPSA) is 71.2 Å². The molecular weight excluding hydrogens is 283 g/mol. The van der Waals surface area contributed by atoms with Gasteiger partial charge >= 0.3 is 0 Å². The van der Waals surface area contributed by atoms with Crippen LogP contribution in [0.15, 0.2) is 18.2 Å². The van der Waals surface area contributed by atoms with Crippen molar-refractivity contribution in [3.8, 4) is 0 Å². The van der Waals surface area contributed by atoms with Gasteiger partial charge in [-0.05, 0) is 32.0 Å². The van der Waals surface area contributed by atoms with E-state index in [1.807, 2.05) is 17.9 Å². The number of halogens is 1. The van der Waals surface area contributed by atoms with Crippen molar-refractivity contribution in [3.05, 3.63) is 35.1 Å². The van der Waals surface area contributed by atoms with Crippen LogP contribution >= 0.6 is 0 Å². The van der Waals surface area contributed by atoms with Crippen molar-refractivity contribution in [1.29, 1.82) is 0 Å². The molecule has 1 amide bonds. The second-order valence-electron chi connectivity index (χ2n) is 5.71. The number of amides is 1. The smallest absolute Gasteiger partial charge is 0.239 e. The molecule has 1 saturated heterocycles. The minimum absolute atomic E-state index is 0.0419. The first-order valence-electron chi connectivity index (χ1n) is 7.34. The molecule has 1 aromatic heterocycles. The number of anilines is 1. The predicted octanol–water partition coefficient (Wildman–Crippen LogP) is 1.64. The average molecular weight is 302 g/mol. The Bertz CT molecular complexity index is 744. The molecule has 1 aromatic carbocycles. The lowest BCUT2D eigenvalue weighted by molar-refractivity contribution is -0.120. The summed E-state index contributed by atoms with van der Waals surface area (Å²) in [6, 6.07) is 4.88. The Hall–Kier alpha value is -2.21. The van der Waals surface area contributed by atoms with E-state index in [9.17, 15) is 9.18 Å². The first-order chi connectivity index (χ1) is 10.5. The fourth-order valence-electron chi connectivity index (χ4n) is 2.77. The summed E-state index contributed by atoms with van der Waals surface area (Å²) in [6.45, 7) is 5.07. The predicted molar refractivity (Wildman–Crippen MR) is 84.3 cm³/mol. The SMILES string of the molecule is Cc1c(F)ccc2cc(C(C)N)c(N3CCNC(=O)C3)nc12. The van der Waals surface area contributed by atoms with Gasteiger partial charge < -0.3 is 16.0 Å². The molecule has 5 nitrogen and oxygen atoms in total. The number of piperazine rings is 1. The maximum Gasteiger partial charge on any atom is 0.239 e. The standard InChI is InChI=1S/C16H19FN4O/c1-9-13(17)4-3-11-7-12(10(2)18)16(20-15(9)11)21-6-5-19-14(22)8-21/h3-4,7,10H,5-6,8,18H2,1-2H3,(H,19,22). The summed E-state index contributed by atoms with van der Waals surface area (Å²) < 4.78 is 13.8. The molecular formula is C16H19FN4O. The summed E-state index contributed by atoms with van der Waals surface area (Å²) in [7, 11) is 0. The fraction of sp³-hybridized carbons (Fsp3) is 0.375. The quantitative estimate of drug-likeness (QED) is 0.884. The van der Waals surface area contributed by atoms with Crippen LogP contribution in [0.1, 0.15) is 24.1 Å². The largest absolute Gasteiger partial charge is 0.353 e. The summed E-state index contributed by atoms with van der Waals surface area (Å²) in [5.41, 5.74) is 8.07. The van der Waals surface area contributed by atoms with Gasteiger partial charge in [0, 0.05) is 35.6 Å². The number of carbonyl (C=O) groups excluding carboxylic acids is 1. The Morgan fingerprint density at radius 2 is 2.23 bits per heavy atom. The monoisotopic (exact) mass is 302 g/mol. The van der Waals surface area contributed by atoms with E-state index in [2.05, 4.69) is 10.3 Å². The van der Waals surface area contributed by atoms with Crippen molar-refractivity contribution in [2.24, 2.45) is 5.73 Å². The van der Waals surface area contributed by atoms with Gasteiger partial charge in [-0.15, -0.1) is 0 Å². The van der Waals surface area contributed by atoms with Crippen molar-refractivity contribution >= 4 is 22.6 Å². The fourth-order valence-corrected chi connectivity index (χ4v) is 2.77. The molecule has 6 heteroatoms. The Labute approximate surface area is 128 Å². The van der Waals surface area contributed by atoms with Gasteiger partial charge in [-0.2, -0.15) is 0 Å². The molecule has 1 aliphatic heterocycles. The lowest BCUT2D eigenvalue weighted by Crippen LogP contribution is -2.48. The van der Waals surface area contributed by atoms with E-state index in [0.29, 0.717) is 30.0 Å². The molecule has 3 N–H and O–H groups in total. The second kappa shape index (κ2) is 5.53. The number of rotatable bonds is 2. The Morgan fingerprint density at radius 3 is 2.91 bits per heavy atom. The third-order valence-corrected chi connectivity index (χ3v) is 4.01. The minimum Gasteiger partial charge on any atom is -0.353 e. The highest BCUT2D eigenvalue weighted by Gasteiger charge is 2.22. The molecule has 2 aromatic rings. The van der Waals surface area contributed by atoms with Crippen molar-refractivity contribution in [2.45, 2.75) is 19.9 Å². The zero-order valence-corrected chi connectivity index (χ0v) is 12.7. The summed E-state index contributed by atoms with van der Waals surface area (Å²) in [5.74, 6) is 0.349. The summed E-state index contributed by atoms with van der Waals surface area (Å²) in [4.78, 5) is 18.2. The number of hydrogen-bond acceptors (Lipinski definition) is 4. The second-order valence-corrected chi connectivity index (χ2v) is 5.71. The van der Waals surface area contributed by atoms with Crippen LogP contribution in [-0.2, 0) is 4.79 Å². The van der Waals surface area contributed by atoms with Gasteiger partial charge in [0.2, 0.25) is 5.91 Å². The maximum atomic E-state index is 13.8. The highest BCUT2D eigenvalue weighted by molar-refractivity contribution is 5.87.